The molecule has 10 heterocycles. The van der Waals surface area contributed by atoms with E-state index in [1.54, 1.807) is 42.5 Å². The minimum atomic E-state index is -0.387. The molecule has 12 aromatic rings. The SMILES string of the molecule is CC1(C)CC(=O)C2=C(C1)Nc1ccccc1NC2c1ccc2c(c1)OCO2.CCOc1ccc(N2C(=O)c3cccnc3C2Nc2ccc(Br)c(C)c2)cc1.CN1NCc2c(N3CCOCC3)nc(CCc3ccccc3)nc21.COCCNc1cc(N2CCCCC2)c2c3c1C(=O)c1ccccc1C3ON2.O=C(Oc1ccc2c(c1)oc(=O)c1ccccc12)C1CCCCC1. The van der Waals surface area contributed by atoms with Crippen molar-refractivity contribution in [1.29, 1.82) is 0 Å². The van der Waals surface area contributed by atoms with Gasteiger partial charge in [0, 0.05) is 128 Å². The van der Waals surface area contributed by atoms with Crippen LogP contribution in [0, 0.1) is 18.3 Å². The highest BCUT2D eigenvalue weighted by Gasteiger charge is 2.44. The van der Waals surface area contributed by atoms with Gasteiger partial charge in [-0.05, 0) is 195 Å². The first-order valence-electron chi connectivity index (χ1n) is 45.4. The van der Waals surface area contributed by atoms with Crippen LogP contribution in [0.5, 0.6) is 23.0 Å². The number of amides is 1. The minimum absolute atomic E-state index is 0.0157. The van der Waals surface area contributed by atoms with E-state index >= 15 is 0 Å². The van der Waals surface area contributed by atoms with Crippen LogP contribution >= 0.6 is 15.9 Å². The first-order chi connectivity index (χ1) is 63.9. The van der Waals surface area contributed by atoms with Crippen molar-refractivity contribution < 1.29 is 56.9 Å². The average molecular weight is 1830 g/mol. The van der Waals surface area contributed by atoms with Crippen LogP contribution in [-0.4, -0.2) is 118 Å². The number of fused-ring (bicyclic) bond motifs is 9. The number of hydrazine groups is 1. The molecule has 2 saturated heterocycles. The first kappa shape index (κ1) is 88.5. The molecule has 9 aromatic carbocycles. The maximum Gasteiger partial charge on any atom is 0.344 e. The molecule has 1 saturated carbocycles. The predicted molar refractivity (Wildman–Crippen MR) is 514 cm³/mol. The molecule has 0 bridgehead atoms. The number of halogens is 1. The average Bonchev–Trinajstić information content (AvgIpc) is 1.58. The van der Waals surface area contributed by atoms with Crippen LogP contribution < -0.4 is 76.5 Å². The summed E-state index contributed by atoms with van der Waals surface area (Å²) >= 11 is 3.53. The minimum Gasteiger partial charge on any atom is -0.494 e. The summed E-state index contributed by atoms with van der Waals surface area (Å²) in [6.07, 6.45) is 13.1. The van der Waals surface area contributed by atoms with Crippen LogP contribution in [0.3, 0.4) is 0 Å². The zero-order chi connectivity index (χ0) is 90.2. The van der Waals surface area contributed by atoms with Gasteiger partial charge in [-0.3, -0.25) is 44.4 Å². The molecule has 7 aliphatic heterocycles. The molecule has 3 fully saturated rings. The molecule has 3 atom stereocenters. The van der Waals surface area contributed by atoms with Crippen LogP contribution in [0.15, 0.2) is 231 Å². The fourth-order valence-electron chi connectivity index (χ4n) is 18.9. The standard InChI is InChI=1S/C22H20BrN3O2.C22H25N3O3.C22H22N2O3.C20H18O4.C18H23N5O/c1-3-28-17-9-7-16(8-10-17)26-21(20-18(22(26)27)5-4-12-24-20)25-15-6-11-19(23)14(2)13-15;1-27-12-9-23-16-13-17(25-10-5-2-6-11-25)20-19-18(16)21(26)14-7-3-4-8-15(14)22(19)28-24-20;1-22(2)10-16-20(17(25)11-22)21(24-15-6-4-3-5-14(15)23-16)13-7-8-18-19(9-13)27-12-26-18;21-19(13-6-2-1-3-7-13)23-14-10-11-16-15-8-4-5-9-17(15)20(22)24-18(16)12-14;1-22-17-15(13-19-22)18(23-9-11-24-12-10-23)21-16(20-17)8-7-14-5-3-2-4-6-14/h4-13,21,25H,3H2,1-2H3;3-4,7-8,13,22-24H,2,5-6,9-12H2,1H3;3-9,21,23-24H,10-12H2,1-2H3;4-5,8-13H,1-3,6-7H2;2-6,19H,7-13H2,1H3. The third-order valence-electron chi connectivity index (χ3n) is 25.4. The predicted octanol–water partition coefficient (Wildman–Crippen LogP) is 19.7. The number of esters is 1. The van der Waals surface area contributed by atoms with Crippen molar-refractivity contribution in [1.82, 2.24) is 20.4 Å². The number of anilines is 9. The molecule has 131 heavy (non-hydrogen) atoms. The van der Waals surface area contributed by atoms with E-state index in [0.29, 0.717) is 48.5 Å². The number of piperidine rings is 1. The number of para-hydroxylation sites is 2. The van der Waals surface area contributed by atoms with Crippen molar-refractivity contribution in [2.24, 2.45) is 11.3 Å². The van der Waals surface area contributed by atoms with Crippen molar-refractivity contribution in [3.8, 4) is 23.0 Å². The molecular weight excluding hydrogens is 1720 g/mol. The number of Topliss-reactive ketones (excluding diaryl/α,β-unsaturated/α-hetero) is 1. The highest BCUT2D eigenvalue weighted by atomic mass is 79.9. The molecule has 3 aliphatic carbocycles. The number of aromatic nitrogens is 3. The van der Waals surface area contributed by atoms with Crippen molar-refractivity contribution in [2.45, 2.75) is 130 Å². The quantitative estimate of drug-likeness (QED) is 0.0162. The van der Waals surface area contributed by atoms with Crippen LogP contribution in [0.1, 0.15) is 174 Å². The van der Waals surface area contributed by atoms with Crippen LogP contribution in [0.2, 0.25) is 0 Å². The van der Waals surface area contributed by atoms with E-state index < -0.39 is 0 Å². The third kappa shape index (κ3) is 19.3. The Morgan fingerprint density at radius 1 is 0.695 bits per heavy atom. The van der Waals surface area contributed by atoms with Gasteiger partial charge in [0.25, 0.3) is 5.91 Å². The summed E-state index contributed by atoms with van der Waals surface area (Å²) in [5.74, 6) is 5.65. The lowest BCUT2D eigenvalue weighted by Crippen LogP contribution is -2.37. The number of carbonyl (C=O) groups is 4. The smallest absolute Gasteiger partial charge is 0.344 e. The number of allylic oxidation sites excluding steroid dienone is 1. The Morgan fingerprint density at radius 3 is 2.22 bits per heavy atom. The van der Waals surface area contributed by atoms with Gasteiger partial charge in [-0.2, -0.15) is 0 Å². The number of hydrogen-bond acceptors (Lipinski definition) is 25. The molecule has 22 rings (SSSR count). The topological polar surface area (TPSA) is 287 Å². The number of benzene rings is 9. The van der Waals surface area contributed by atoms with Gasteiger partial charge in [0.05, 0.1) is 88.9 Å². The molecular formula is C104H108BrN13O13. The largest absolute Gasteiger partial charge is 0.494 e. The summed E-state index contributed by atoms with van der Waals surface area (Å²) < 4.78 is 39.2. The summed E-state index contributed by atoms with van der Waals surface area (Å²) in [5, 5.41) is 18.3. The van der Waals surface area contributed by atoms with Gasteiger partial charge < -0.3 is 63.9 Å². The summed E-state index contributed by atoms with van der Waals surface area (Å²) in [6.45, 7) is 16.5. The Hall–Kier alpha value is -13.2. The first-order valence-corrected chi connectivity index (χ1v) is 46.2. The number of ketones is 2. The number of ether oxygens (including phenoxy) is 6. The van der Waals surface area contributed by atoms with Gasteiger partial charge >= 0.3 is 11.6 Å². The van der Waals surface area contributed by atoms with Gasteiger partial charge in [-0.25, -0.2) is 20.2 Å². The summed E-state index contributed by atoms with van der Waals surface area (Å²) in [7, 11) is 3.70. The molecule has 1 amide bonds. The van der Waals surface area contributed by atoms with Gasteiger partial charge in [0.15, 0.2) is 35.0 Å². The number of nitrogens with one attached hydrogen (secondary N) is 6. The Balaban J connectivity index is 0.000000110. The second-order valence-corrected chi connectivity index (χ2v) is 35.8. The fourth-order valence-corrected chi connectivity index (χ4v) is 19.1. The van der Waals surface area contributed by atoms with E-state index in [4.69, 9.17) is 47.6 Å². The fraction of sp³-hybridized carbons (Fsp3) is 0.327. The lowest BCUT2D eigenvalue weighted by atomic mass is 9.73. The lowest BCUT2D eigenvalue weighted by Gasteiger charge is -2.34. The van der Waals surface area contributed by atoms with Crippen molar-refractivity contribution in [3.05, 3.63) is 294 Å². The molecule has 27 heteroatoms. The van der Waals surface area contributed by atoms with Crippen LogP contribution in [-0.2, 0) is 43.3 Å². The van der Waals surface area contributed by atoms with Gasteiger partial charge in [0.2, 0.25) is 6.79 Å². The molecule has 0 spiro atoms. The maximum atomic E-state index is 13.4. The van der Waals surface area contributed by atoms with Gasteiger partial charge in [0.1, 0.15) is 34.8 Å². The lowest BCUT2D eigenvalue weighted by molar-refractivity contribution is -0.140. The van der Waals surface area contributed by atoms with E-state index in [1.807, 2.05) is 171 Å². The molecule has 6 N–H and O–H groups in total. The summed E-state index contributed by atoms with van der Waals surface area (Å²) in [5.41, 5.74) is 24.3. The third-order valence-corrected chi connectivity index (χ3v) is 26.3. The van der Waals surface area contributed by atoms with E-state index in [-0.39, 0.29) is 65.5 Å². The zero-order valence-electron chi connectivity index (χ0n) is 74.5. The summed E-state index contributed by atoms with van der Waals surface area (Å²) in [4.78, 5) is 90.8. The van der Waals surface area contributed by atoms with Crippen molar-refractivity contribution >= 4 is 113 Å². The van der Waals surface area contributed by atoms with Gasteiger partial charge in [-0.15, -0.1) is 0 Å². The van der Waals surface area contributed by atoms with Crippen molar-refractivity contribution in [3.63, 3.8) is 0 Å². The monoisotopic (exact) mass is 1830 g/mol. The molecule has 26 nitrogen and oxygen atoms in total. The number of aryl methyl sites for hydroxylation is 3. The molecule has 3 unspecified atom stereocenters. The number of methoxy groups -OCH3 is 1. The van der Waals surface area contributed by atoms with E-state index in [0.717, 1.165) is 231 Å². The zero-order valence-corrected chi connectivity index (χ0v) is 76.1. The highest BCUT2D eigenvalue weighted by Crippen LogP contribution is 2.53. The number of nitrogens with zero attached hydrogens (tertiary/aromatic N) is 7. The normalized spacial score (nSPS) is 18.2. The van der Waals surface area contributed by atoms with E-state index in [2.05, 4.69) is 107 Å². The number of hydrogen-bond donors (Lipinski definition) is 6. The Labute approximate surface area is 769 Å². The molecule has 674 valence electrons. The Morgan fingerprint density at radius 2 is 1.43 bits per heavy atom. The van der Waals surface area contributed by atoms with Crippen molar-refractivity contribution in [2.75, 3.05) is 127 Å². The van der Waals surface area contributed by atoms with Crippen LogP contribution in [0.25, 0.3) is 21.7 Å². The molecule has 10 aliphatic rings. The number of pyridine rings is 1. The Kier molecular flexibility index (Phi) is 26.8. The van der Waals surface area contributed by atoms with E-state index in [1.165, 1.54) is 36.8 Å². The molecule has 0 radical (unpaired) electrons. The molecule has 3 aromatic heterocycles. The van der Waals surface area contributed by atoms with Gasteiger partial charge in [-0.1, -0.05) is 140 Å². The Bertz CT molecular complexity index is 6350. The summed E-state index contributed by atoms with van der Waals surface area (Å²) in [6, 6.07) is 63.9. The number of morpholine rings is 1. The second-order valence-electron chi connectivity index (χ2n) is 34.9. The number of rotatable bonds is 17. The number of carbonyl (C=O) groups excluding carboxylic acids is 4. The highest BCUT2D eigenvalue weighted by molar-refractivity contribution is 9.10. The van der Waals surface area contributed by atoms with Crippen LogP contribution in [0.4, 0.5) is 51.4 Å². The maximum absolute atomic E-state index is 13.4. The van der Waals surface area contributed by atoms with E-state index in [9.17, 15) is 24.0 Å². The second kappa shape index (κ2) is 39.6.